The Morgan fingerprint density at radius 2 is 2.00 bits per heavy atom. The molecule has 1 aromatic heterocycles. The minimum Gasteiger partial charge on any atom is -0.398 e. The van der Waals surface area contributed by atoms with Gasteiger partial charge >= 0.3 is 6.03 Å². The number of thiophene rings is 1. The Bertz CT molecular complexity index is 579. The molecule has 0 bridgehead atoms. The summed E-state index contributed by atoms with van der Waals surface area (Å²) in [6.07, 6.45) is 0. The highest BCUT2D eigenvalue weighted by Crippen LogP contribution is 2.21. The number of nitrogens with one attached hydrogen (secondary N) is 2. The highest BCUT2D eigenvalue weighted by atomic mass is 32.1. The summed E-state index contributed by atoms with van der Waals surface area (Å²) in [5.74, 6) is 0. The molecular formula is C14H18N4OS. The first-order valence-electron chi connectivity index (χ1n) is 6.28. The van der Waals surface area contributed by atoms with Crippen LogP contribution in [0.1, 0.15) is 23.4 Å². The predicted molar refractivity (Wildman–Crippen MR) is 83.6 cm³/mol. The van der Waals surface area contributed by atoms with Gasteiger partial charge in [0, 0.05) is 28.8 Å². The number of nitrogen functional groups attached to an aromatic ring is 1. The summed E-state index contributed by atoms with van der Waals surface area (Å²) in [5, 5.41) is 7.94. The fourth-order valence-electron chi connectivity index (χ4n) is 1.86. The third-order valence-electron chi connectivity index (χ3n) is 3.03. The molecule has 0 fully saturated rings. The van der Waals surface area contributed by atoms with Gasteiger partial charge < -0.3 is 22.1 Å². The highest BCUT2D eigenvalue weighted by molar-refractivity contribution is 7.10. The lowest BCUT2D eigenvalue weighted by molar-refractivity contribution is 0.259. The van der Waals surface area contributed by atoms with Crippen LogP contribution in [0.4, 0.5) is 16.2 Å². The zero-order chi connectivity index (χ0) is 14.5. The average molecular weight is 290 g/mol. The molecule has 0 radical (unpaired) electrons. The molecule has 0 saturated carbocycles. The summed E-state index contributed by atoms with van der Waals surface area (Å²) in [4.78, 5) is 11.9. The summed E-state index contributed by atoms with van der Waals surface area (Å²) in [6.45, 7) is 2.83. The largest absolute Gasteiger partial charge is 0.398 e. The second kappa shape index (κ2) is 6.40. The van der Waals surface area contributed by atoms with Crippen molar-refractivity contribution >= 4 is 28.7 Å². The maximum atomic E-state index is 10.7. The van der Waals surface area contributed by atoms with Crippen molar-refractivity contribution in [3.8, 4) is 0 Å². The smallest absolute Gasteiger partial charge is 0.316 e. The van der Waals surface area contributed by atoms with Crippen LogP contribution in [0.15, 0.2) is 35.7 Å². The standard InChI is InChI=1S/C14H18N4OS/c1-9(17-8-13-12(15)6-7-20-13)10-2-4-11(5-3-10)18-14(16)19/h2-7,9,17H,8,15H2,1H3,(H3,16,18,19). The summed E-state index contributed by atoms with van der Waals surface area (Å²) in [7, 11) is 0. The van der Waals surface area contributed by atoms with Gasteiger partial charge in [-0.2, -0.15) is 0 Å². The Hall–Kier alpha value is -2.05. The van der Waals surface area contributed by atoms with Gasteiger partial charge in [-0.1, -0.05) is 12.1 Å². The van der Waals surface area contributed by atoms with Gasteiger partial charge in [0.25, 0.3) is 0 Å². The van der Waals surface area contributed by atoms with Gasteiger partial charge in [-0.25, -0.2) is 4.79 Å². The first-order chi connectivity index (χ1) is 9.56. The molecule has 6 heteroatoms. The SMILES string of the molecule is CC(NCc1sccc1N)c1ccc(NC(N)=O)cc1. The third kappa shape index (κ3) is 3.72. The van der Waals surface area contributed by atoms with E-state index in [4.69, 9.17) is 11.5 Å². The molecule has 0 aliphatic carbocycles. The number of hydrogen-bond donors (Lipinski definition) is 4. The van der Waals surface area contributed by atoms with Gasteiger partial charge in [0.05, 0.1) is 0 Å². The van der Waals surface area contributed by atoms with Crippen LogP contribution in [0, 0.1) is 0 Å². The van der Waals surface area contributed by atoms with E-state index < -0.39 is 6.03 Å². The van der Waals surface area contributed by atoms with E-state index in [1.54, 1.807) is 11.3 Å². The predicted octanol–water partition coefficient (Wildman–Crippen LogP) is 2.67. The van der Waals surface area contributed by atoms with Crippen LogP contribution >= 0.6 is 11.3 Å². The second-order valence-electron chi connectivity index (χ2n) is 4.51. The molecule has 2 amide bonds. The molecule has 0 saturated heterocycles. The van der Waals surface area contributed by atoms with E-state index in [-0.39, 0.29) is 6.04 Å². The van der Waals surface area contributed by atoms with Crippen LogP contribution in [-0.4, -0.2) is 6.03 Å². The maximum absolute atomic E-state index is 10.7. The molecule has 0 aliphatic heterocycles. The fraction of sp³-hybridized carbons (Fsp3) is 0.214. The van der Waals surface area contributed by atoms with Gasteiger partial charge in [0.2, 0.25) is 0 Å². The van der Waals surface area contributed by atoms with Gasteiger partial charge in [0.1, 0.15) is 0 Å². The number of carbonyl (C=O) groups excluding carboxylic acids is 1. The highest BCUT2D eigenvalue weighted by Gasteiger charge is 2.07. The molecule has 2 rings (SSSR count). The lowest BCUT2D eigenvalue weighted by Gasteiger charge is -2.14. The van der Waals surface area contributed by atoms with Crippen molar-refractivity contribution in [2.45, 2.75) is 19.5 Å². The van der Waals surface area contributed by atoms with E-state index in [1.807, 2.05) is 35.7 Å². The first kappa shape index (κ1) is 14.4. The van der Waals surface area contributed by atoms with E-state index in [1.165, 1.54) is 0 Å². The number of urea groups is 1. The van der Waals surface area contributed by atoms with Crippen LogP contribution in [0.5, 0.6) is 0 Å². The maximum Gasteiger partial charge on any atom is 0.316 e. The summed E-state index contributed by atoms with van der Waals surface area (Å²) in [6, 6.07) is 9.13. The molecular weight excluding hydrogens is 272 g/mol. The molecule has 1 unspecified atom stereocenters. The number of nitrogens with two attached hydrogens (primary N) is 2. The van der Waals surface area contributed by atoms with Crippen molar-refractivity contribution in [1.29, 1.82) is 0 Å². The van der Waals surface area contributed by atoms with Crippen molar-refractivity contribution in [3.63, 3.8) is 0 Å². The van der Waals surface area contributed by atoms with Crippen LogP contribution < -0.4 is 22.1 Å². The molecule has 1 aromatic carbocycles. The minimum absolute atomic E-state index is 0.194. The van der Waals surface area contributed by atoms with E-state index in [9.17, 15) is 4.79 Å². The molecule has 5 nitrogen and oxygen atoms in total. The number of carbonyl (C=O) groups is 1. The molecule has 2 aromatic rings. The summed E-state index contributed by atoms with van der Waals surface area (Å²) < 4.78 is 0. The molecule has 20 heavy (non-hydrogen) atoms. The van der Waals surface area contributed by atoms with Crippen molar-refractivity contribution in [2.24, 2.45) is 5.73 Å². The topological polar surface area (TPSA) is 93.2 Å². The Kier molecular flexibility index (Phi) is 4.60. The summed E-state index contributed by atoms with van der Waals surface area (Å²) >= 11 is 1.65. The number of primary amides is 1. The molecule has 0 spiro atoms. The molecule has 6 N–H and O–H groups in total. The van der Waals surface area contributed by atoms with E-state index in [0.29, 0.717) is 5.69 Å². The fourth-order valence-corrected chi connectivity index (χ4v) is 2.60. The van der Waals surface area contributed by atoms with Gasteiger partial charge in [-0.3, -0.25) is 0 Å². The quantitative estimate of drug-likeness (QED) is 0.682. The molecule has 1 heterocycles. The van der Waals surface area contributed by atoms with Gasteiger partial charge in [-0.05, 0) is 36.1 Å². The number of benzene rings is 1. The monoisotopic (exact) mass is 290 g/mol. The van der Waals surface area contributed by atoms with Crippen molar-refractivity contribution in [3.05, 3.63) is 46.2 Å². The van der Waals surface area contributed by atoms with E-state index >= 15 is 0 Å². The zero-order valence-corrected chi connectivity index (χ0v) is 12.0. The second-order valence-corrected chi connectivity index (χ2v) is 5.51. The Morgan fingerprint density at radius 3 is 2.55 bits per heavy atom. The Morgan fingerprint density at radius 1 is 1.30 bits per heavy atom. The molecule has 0 aliphatic rings. The van der Waals surface area contributed by atoms with Crippen molar-refractivity contribution < 1.29 is 4.79 Å². The van der Waals surface area contributed by atoms with Crippen LogP contribution in [-0.2, 0) is 6.54 Å². The average Bonchev–Trinajstić information content (AvgIpc) is 2.82. The lowest BCUT2D eigenvalue weighted by Crippen LogP contribution is -2.20. The Labute approximate surface area is 122 Å². The van der Waals surface area contributed by atoms with Crippen molar-refractivity contribution in [2.75, 3.05) is 11.1 Å². The van der Waals surface area contributed by atoms with Gasteiger partial charge in [0.15, 0.2) is 0 Å². The number of rotatable bonds is 5. The van der Waals surface area contributed by atoms with Crippen molar-refractivity contribution in [1.82, 2.24) is 5.32 Å². The summed E-state index contributed by atoms with van der Waals surface area (Å²) in [5.41, 5.74) is 13.6. The number of amides is 2. The minimum atomic E-state index is -0.558. The van der Waals surface area contributed by atoms with Crippen LogP contribution in [0.25, 0.3) is 0 Å². The van der Waals surface area contributed by atoms with Crippen LogP contribution in [0.2, 0.25) is 0 Å². The van der Waals surface area contributed by atoms with Crippen LogP contribution in [0.3, 0.4) is 0 Å². The first-order valence-corrected chi connectivity index (χ1v) is 7.16. The number of hydrogen-bond acceptors (Lipinski definition) is 4. The normalized spacial score (nSPS) is 12.1. The van der Waals surface area contributed by atoms with E-state index in [2.05, 4.69) is 17.6 Å². The van der Waals surface area contributed by atoms with E-state index in [0.717, 1.165) is 22.7 Å². The Balaban J connectivity index is 1.93. The number of anilines is 2. The molecule has 106 valence electrons. The molecule has 1 atom stereocenters. The third-order valence-corrected chi connectivity index (χ3v) is 3.96. The zero-order valence-electron chi connectivity index (χ0n) is 11.2. The lowest BCUT2D eigenvalue weighted by atomic mass is 10.1. The van der Waals surface area contributed by atoms with Gasteiger partial charge in [-0.15, -0.1) is 11.3 Å².